The second-order valence-corrected chi connectivity index (χ2v) is 5.02. The van der Waals surface area contributed by atoms with Crippen molar-refractivity contribution in [2.24, 2.45) is 0 Å². The summed E-state index contributed by atoms with van der Waals surface area (Å²) in [4.78, 5) is 23.6. The number of hydrogen-bond donors (Lipinski definition) is 0. The highest BCUT2D eigenvalue weighted by molar-refractivity contribution is 5.92. The summed E-state index contributed by atoms with van der Waals surface area (Å²) in [6.45, 7) is 1.78. The summed E-state index contributed by atoms with van der Waals surface area (Å²) in [6, 6.07) is 10.9. The largest absolute Gasteiger partial charge is 0.460 e. The maximum atomic E-state index is 12.1. The third kappa shape index (κ3) is 2.81. The molecule has 108 valence electrons. The van der Waals surface area contributed by atoms with Crippen molar-refractivity contribution in [3.8, 4) is 5.69 Å². The molecule has 0 amide bonds. The van der Waals surface area contributed by atoms with Crippen LogP contribution in [0.25, 0.3) is 5.69 Å². The van der Waals surface area contributed by atoms with Crippen LogP contribution in [0.3, 0.4) is 0 Å². The van der Waals surface area contributed by atoms with Crippen molar-refractivity contribution < 1.29 is 19.1 Å². The van der Waals surface area contributed by atoms with Gasteiger partial charge in [-0.1, -0.05) is 6.07 Å². The zero-order chi connectivity index (χ0) is 14.8. The van der Waals surface area contributed by atoms with Gasteiger partial charge in [-0.3, -0.25) is 0 Å². The Morgan fingerprint density at radius 2 is 2.05 bits per heavy atom. The fraction of sp³-hybridized carbons (Fsp3) is 0.250. The summed E-state index contributed by atoms with van der Waals surface area (Å²) in [5.41, 5.74) is 1.27. The Morgan fingerprint density at radius 3 is 2.71 bits per heavy atom. The van der Waals surface area contributed by atoms with Gasteiger partial charge in [0.05, 0.1) is 5.56 Å². The van der Waals surface area contributed by atoms with Gasteiger partial charge in [0.15, 0.2) is 0 Å². The standard InChI is InChI=1S/C16H15NO4/c1-11-9-14(16(19)20-11)21-15(18)12-5-4-6-13(10-12)17-7-2-3-8-17/h2-8,10-11,14H,9H2,1H3/t11-,14-/m1/s1. The molecule has 2 aromatic rings. The SMILES string of the molecule is C[C@@H]1C[C@@H](OC(=O)c2cccc(-n3cccc3)c2)C(=O)O1. The summed E-state index contributed by atoms with van der Waals surface area (Å²) in [5.74, 6) is -0.988. The molecule has 21 heavy (non-hydrogen) atoms. The molecule has 1 fully saturated rings. The summed E-state index contributed by atoms with van der Waals surface area (Å²) >= 11 is 0. The Morgan fingerprint density at radius 1 is 1.29 bits per heavy atom. The number of esters is 2. The number of hydrogen-bond acceptors (Lipinski definition) is 4. The average molecular weight is 285 g/mol. The van der Waals surface area contributed by atoms with E-state index in [1.807, 2.05) is 35.2 Å². The van der Waals surface area contributed by atoms with Crippen LogP contribution in [-0.4, -0.2) is 28.7 Å². The quantitative estimate of drug-likeness (QED) is 0.812. The first-order valence-electron chi connectivity index (χ1n) is 6.78. The second kappa shape index (κ2) is 5.44. The first-order chi connectivity index (χ1) is 10.1. The van der Waals surface area contributed by atoms with Crippen molar-refractivity contribution in [1.29, 1.82) is 0 Å². The van der Waals surface area contributed by atoms with Crippen molar-refractivity contribution >= 4 is 11.9 Å². The number of carbonyl (C=O) groups excluding carboxylic acids is 2. The van der Waals surface area contributed by atoms with Crippen LogP contribution in [0.2, 0.25) is 0 Å². The minimum Gasteiger partial charge on any atom is -0.460 e. The first kappa shape index (κ1) is 13.4. The Balaban J connectivity index is 1.76. The van der Waals surface area contributed by atoms with Gasteiger partial charge in [-0.15, -0.1) is 0 Å². The molecule has 0 spiro atoms. The lowest BCUT2D eigenvalue weighted by Gasteiger charge is -2.09. The molecule has 0 unspecified atom stereocenters. The van der Waals surface area contributed by atoms with E-state index in [0.717, 1.165) is 5.69 Å². The molecular weight excluding hydrogens is 270 g/mol. The normalized spacial score (nSPS) is 21.1. The molecule has 3 rings (SSSR count). The van der Waals surface area contributed by atoms with E-state index in [1.54, 1.807) is 25.1 Å². The highest BCUT2D eigenvalue weighted by Crippen LogP contribution is 2.19. The molecule has 2 heterocycles. The van der Waals surface area contributed by atoms with Gasteiger partial charge in [0.25, 0.3) is 0 Å². The fourth-order valence-electron chi connectivity index (χ4n) is 2.31. The van der Waals surface area contributed by atoms with Gasteiger partial charge in [-0.25, -0.2) is 9.59 Å². The Labute approximate surface area is 122 Å². The molecule has 0 aliphatic carbocycles. The topological polar surface area (TPSA) is 57.5 Å². The maximum absolute atomic E-state index is 12.1. The summed E-state index contributed by atoms with van der Waals surface area (Å²) in [6.07, 6.45) is 3.17. The van der Waals surface area contributed by atoms with Crippen molar-refractivity contribution in [3.63, 3.8) is 0 Å². The van der Waals surface area contributed by atoms with Crippen molar-refractivity contribution in [3.05, 3.63) is 54.4 Å². The molecule has 2 atom stereocenters. The van der Waals surface area contributed by atoms with Crippen LogP contribution in [0, 0.1) is 0 Å². The van der Waals surface area contributed by atoms with Crippen LogP contribution >= 0.6 is 0 Å². The molecule has 0 radical (unpaired) electrons. The number of rotatable bonds is 3. The lowest BCUT2D eigenvalue weighted by Crippen LogP contribution is -2.22. The molecule has 1 saturated heterocycles. The van der Waals surface area contributed by atoms with E-state index >= 15 is 0 Å². The van der Waals surface area contributed by atoms with Gasteiger partial charge in [-0.05, 0) is 37.3 Å². The van der Waals surface area contributed by atoms with Gasteiger partial charge in [0.2, 0.25) is 6.10 Å². The molecular formula is C16H15NO4. The average Bonchev–Trinajstić information content (AvgIpc) is 3.09. The number of nitrogens with zero attached hydrogens (tertiary/aromatic N) is 1. The van der Waals surface area contributed by atoms with E-state index < -0.39 is 18.0 Å². The molecule has 5 nitrogen and oxygen atoms in total. The maximum Gasteiger partial charge on any atom is 0.347 e. The molecule has 1 aliphatic rings. The lowest BCUT2D eigenvalue weighted by atomic mass is 10.2. The highest BCUT2D eigenvalue weighted by Gasteiger charge is 2.35. The summed E-state index contributed by atoms with van der Waals surface area (Å²) < 4.78 is 12.1. The van der Waals surface area contributed by atoms with E-state index in [-0.39, 0.29) is 6.10 Å². The van der Waals surface area contributed by atoms with E-state index in [2.05, 4.69) is 0 Å². The smallest absolute Gasteiger partial charge is 0.347 e. The lowest BCUT2D eigenvalue weighted by molar-refractivity contribution is -0.147. The number of cyclic esters (lactones) is 1. The van der Waals surface area contributed by atoms with Gasteiger partial charge in [-0.2, -0.15) is 0 Å². The molecule has 0 saturated carbocycles. The minimum atomic E-state index is -0.803. The van der Waals surface area contributed by atoms with Crippen molar-refractivity contribution in [2.45, 2.75) is 25.6 Å². The van der Waals surface area contributed by atoms with Crippen molar-refractivity contribution in [1.82, 2.24) is 4.57 Å². The van der Waals surface area contributed by atoms with Crippen LogP contribution in [0.1, 0.15) is 23.7 Å². The Bertz CT molecular complexity index is 663. The zero-order valence-corrected chi connectivity index (χ0v) is 11.6. The predicted molar refractivity (Wildman–Crippen MR) is 75.1 cm³/mol. The van der Waals surface area contributed by atoms with E-state index in [4.69, 9.17) is 9.47 Å². The molecule has 5 heteroatoms. The number of ether oxygens (including phenoxy) is 2. The van der Waals surface area contributed by atoms with Gasteiger partial charge in [0, 0.05) is 24.5 Å². The number of carbonyl (C=O) groups is 2. The van der Waals surface area contributed by atoms with Gasteiger partial charge in [0.1, 0.15) is 6.10 Å². The number of benzene rings is 1. The summed E-state index contributed by atoms with van der Waals surface area (Å²) in [7, 11) is 0. The highest BCUT2D eigenvalue weighted by atomic mass is 16.6. The van der Waals surface area contributed by atoms with E-state index in [1.165, 1.54) is 0 Å². The van der Waals surface area contributed by atoms with Crippen LogP contribution in [-0.2, 0) is 14.3 Å². The van der Waals surface area contributed by atoms with Crippen LogP contribution in [0.15, 0.2) is 48.8 Å². The molecule has 0 N–H and O–H groups in total. The molecule has 1 aliphatic heterocycles. The van der Waals surface area contributed by atoms with Gasteiger partial charge >= 0.3 is 11.9 Å². The van der Waals surface area contributed by atoms with Crippen LogP contribution < -0.4 is 0 Å². The molecule has 0 bridgehead atoms. The summed E-state index contributed by atoms with van der Waals surface area (Å²) in [5, 5.41) is 0. The first-order valence-corrected chi connectivity index (χ1v) is 6.78. The third-order valence-electron chi connectivity index (χ3n) is 3.36. The fourth-order valence-corrected chi connectivity index (χ4v) is 2.31. The van der Waals surface area contributed by atoms with Crippen LogP contribution in [0.5, 0.6) is 0 Å². The second-order valence-electron chi connectivity index (χ2n) is 5.02. The van der Waals surface area contributed by atoms with E-state index in [9.17, 15) is 9.59 Å². The Hall–Kier alpha value is -2.56. The minimum absolute atomic E-state index is 0.207. The molecule has 1 aromatic heterocycles. The molecule has 1 aromatic carbocycles. The Kier molecular flexibility index (Phi) is 3.48. The van der Waals surface area contributed by atoms with E-state index in [0.29, 0.717) is 12.0 Å². The van der Waals surface area contributed by atoms with Crippen molar-refractivity contribution in [2.75, 3.05) is 0 Å². The number of aromatic nitrogens is 1. The predicted octanol–water partition coefficient (Wildman–Crippen LogP) is 2.34. The zero-order valence-electron chi connectivity index (χ0n) is 11.6. The third-order valence-corrected chi connectivity index (χ3v) is 3.36. The monoisotopic (exact) mass is 285 g/mol. The van der Waals surface area contributed by atoms with Crippen LogP contribution in [0.4, 0.5) is 0 Å². The van der Waals surface area contributed by atoms with Gasteiger partial charge < -0.3 is 14.0 Å².